The maximum atomic E-state index is 13.4. The molecule has 3 atom stereocenters. The van der Waals surface area contributed by atoms with Gasteiger partial charge in [0, 0.05) is 25.3 Å². The maximum Gasteiger partial charge on any atom is 0.310 e. The molecule has 2 amide bonds. The van der Waals surface area contributed by atoms with E-state index in [0.29, 0.717) is 19.4 Å². The first-order chi connectivity index (χ1) is 15.1. The highest BCUT2D eigenvalue weighted by atomic mass is 16.5. The standard InChI is InChI=1S/C25H34N2O4/c1-18(23(28)26-15-8-2-3-9-16-26)31-25(30)21-12-6-5-11-20(21)24(29)27-17-14-19-10-4-7-13-22(19)27/h4,7,10,13,18,20-21H,2-3,5-6,8-9,11-12,14-17H2,1H3. The van der Waals surface area contributed by atoms with Gasteiger partial charge in [0.1, 0.15) is 0 Å². The van der Waals surface area contributed by atoms with E-state index in [9.17, 15) is 14.4 Å². The predicted octanol–water partition coefficient (Wildman–Crippen LogP) is 3.72. The number of nitrogens with zero attached hydrogens (tertiary/aromatic N) is 2. The molecule has 31 heavy (non-hydrogen) atoms. The normalized spacial score (nSPS) is 24.8. The van der Waals surface area contributed by atoms with Crippen molar-refractivity contribution >= 4 is 23.5 Å². The third-order valence-corrected chi connectivity index (χ3v) is 7.10. The SMILES string of the molecule is CC(OC(=O)C1CCCCC1C(=O)N1CCc2ccccc21)C(=O)N1CCCCCC1. The lowest BCUT2D eigenvalue weighted by molar-refractivity contribution is -0.165. The van der Waals surface area contributed by atoms with Crippen LogP contribution in [0.5, 0.6) is 0 Å². The molecule has 1 saturated heterocycles. The van der Waals surface area contributed by atoms with Crippen molar-refractivity contribution in [2.45, 2.75) is 70.8 Å². The fraction of sp³-hybridized carbons (Fsp3) is 0.640. The number of ether oxygens (including phenoxy) is 1. The second kappa shape index (κ2) is 9.84. The van der Waals surface area contributed by atoms with Crippen LogP contribution < -0.4 is 4.90 Å². The van der Waals surface area contributed by atoms with E-state index in [-0.39, 0.29) is 23.7 Å². The lowest BCUT2D eigenvalue weighted by atomic mass is 9.78. The Labute approximate surface area is 184 Å². The topological polar surface area (TPSA) is 66.9 Å². The second-order valence-corrected chi connectivity index (χ2v) is 9.18. The minimum absolute atomic E-state index is 0.0260. The van der Waals surface area contributed by atoms with Gasteiger partial charge < -0.3 is 14.5 Å². The Morgan fingerprint density at radius 2 is 1.58 bits per heavy atom. The second-order valence-electron chi connectivity index (χ2n) is 9.18. The number of amides is 2. The number of para-hydroxylation sites is 1. The molecule has 6 nitrogen and oxygen atoms in total. The molecule has 2 heterocycles. The van der Waals surface area contributed by atoms with Gasteiger partial charge in [0.25, 0.3) is 5.91 Å². The van der Waals surface area contributed by atoms with Crippen LogP contribution in [0.1, 0.15) is 63.9 Å². The van der Waals surface area contributed by atoms with Crippen LogP contribution in [0.15, 0.2) is 24.3 Å². The Morgan fingerprint density at radius 1 is 0.903 bits per heavy atom. The first-order valence-corrected chi connectivity index (χ1v) is 11.9. The number of fused-ring (bicyclic) bond motifs is 1. The van der Waals surface area contributed by atoms with Crippen LogP contribution in [0.4, 0.5) is 5.69 Å². The van der Waals surface area contributed by atoms with Crippen LogP contribution in [0.2, 0.25) is 0 Å². The van der Waals surface area contributed by atoms with Gasteiger partial charge in [-0.05, 0) is 50.7 Å². The van der Waals surface area contributed by atoms with Gasteiger partial charge in [0.05, 0.1) is 11.8 Å². The van der Waals surface area contributed by atoms with Crippen molar-refractivity contribution in [3.63, 3.8) is 0 Å². The van der Waals surface area contributed by atoms with Gasteiger partial charge in [-0.2, -0.15) is 0 Å². The molecule has 6 heteroatoms. The van der Waals surface area contributed by atoms with Crippen LogP contribution in [-0.4, -0.2) is 48.4 Å². The number of rotatable bonds is 4. The molecule has 2 aliphatic heterocycles. The number of anilines is 1. The van der Waals surface area contributed by atoms with Crippen molar-refractivity contribution in [3.05, 3.63) is 29.8 Å². The predicted molar refractivity (Wildman–Crippen MR) is 119 cm³/mol. The smallest absolute Gasteiger partial charge is 0.310 e. The zero-order chi connectivity index (χ0) is 21.8. The highest BCUT2D eigenvalue weighted by Gasteiger charge is 2.41. The molecule has 0 spiro atoms. The summed E-state index contributed by atoms with van der Waals surface area (Å²) in [7, 11) is 0. The molecule has 3 unspecified atom stereocenters. The van der Waals surface area contributed by atoms with Crippen molar-refractivity contribution in [1.29, 1.82) is 0 Å². The lowest BCUT2D eigenvalue weighted by Gasteiger charge is -2.33. The van der Waals surface area contributed by atoms with E-state index in [1.54, 1.807) is 6.92 Å². The summed E-state index contributed by atoms with van der Waals surface area (Å²) in [5, 5.41) is 0. The van der Waals surface area contributed by atoms with E-state index in [1.165, 1.54) is 5.56 Å². The molecule has 3 aliphatic rings. The van der Waals surface area contributed by atoms with Gasteiger partial charge in [0.2, 0.25) is 5.91 Å². The summed E-state index contributed by atoms with van der Waals surface area (Å²) in [4.78, 5) is 43.0. The Bertz CT molecular complexity index is 815. The zero-order valence-corrected chi connectivity index (χ0v) is 18.6. The van der Waals surface area contributed by atoms with Gasteiger partial charge in [-0.25, -0.2) is 0 Å². The molecule has 0 aromatic heterocycles. The molecule has 2 fully saturated rings. The van der Waals surface area contributed by atoms with Gasteiger partial charge in [-0.3, -0.25) is 14.4 Å². The quantitative estimate of drug-likeness (QED) is 0.689. The van der Waals surface area contributed by atoms with Crippen LogP contribution >= 0.6 is 0 Å². The zero-order valence-electron chi connectivity index (χ0n) is 18.6. The summed E-state index contributed by atoms with van der Waals surface area (Å²) in [5.41, 5.74) is 2.15. The Morgan fingerprint density at radius 3 is 2.32 bits per heavy atom. The number of hydrogen-bond donors (Lipinski definition) is 0. The summed E-state index contributed by atoms with van der Waals surface area (Å²) in [6, 6.07) is 7.99. The monoisotopic (exact) mass is 426 g/mol. The number of carbonyl (C=O) groups excluding carboxylic acids is 3. The number of esters is 1. The van der Waals surface area contributed by atoms with Crippen LogP contribution in [0, 0.1) is 11.8 Å². The molecule has 0 bridgehead atoms. The number of hydrogen-bond acceptors (Lipinski definition) is 4. The summed E-state index contributed by atoms with van der Waals surface area (Å²) in [6.07, 6.45) is 7.55. The number of carbonyl (C=O) groups is 3. The van der Waals surface area contributed by atoms with Crippen molar-refractivity contribution in [3.8, 4) is 0 Å². The van der Waals surface area contributed by atoms with Gasteiger partial charge in [0.15, 0.2) is 6.10 Å². The summed E-state index contributed by atoms with van der Waals surface area (Å²) < 4.78 is 5.66. The van der Waals surface area contributed by atoms with Crippen molar-refractivity contribution in [2.24, 2.45) is 11.8 Å². The highest BCUT2D eigenvalue weighted by molar-refractivity contribution is 5.99. The molecule has 1 saturated carbocycles. The number of likely N-dealkylation sites (tertiary alicyclic amines) is 1. The fourth-order valence-corrected chi connectivity index (χ4v) is 5.34. The van der Waals surface area contributed by atoms with Crippen molar-refractivity contribution < 1.29 is 19.1 Å². The molecule has 4 rings (SSSR count). The minimum atomic E-state index is -0.796. The molecule has 1 aliphatic carbocycles. The van der Waals surface area contributed by atoms with Crippen molar-refractivity contribution in [1.82, 2.24) is 4.90 Å². The molecule has 168 valence electrons. The van der Waals surface area contributed by atoms with Gasteiger partial charge in [-0.1, -0.05) is 43.9 Å². The van der Waals surface area contributed by atoms with E-state index < -0.39 is 12.0 Å². The van der Waals surface area contributed by atoms with E-state index >= 15 is 0 Å². The Kier molecular flexibility index (Phi) is 6.93. The average molecular weight is 427 g/mol. The molecular formula is C25H34N2O4. The van der Waals surface area contributed by atoms with E-state index in [0.717, 1.165) is 63.7 Å². The molecule has 0 N–H and O–H groups in total. The molecule has 1 aromatic rings. The minimum Gasteiger partial charge on any atom is -0.452 e. The number of benzene rings is 1. The first-order valence-electron chi connectivity index (χ1n) is 11.9. The van der Waals surface area contributed by atoms with E-state index in [4.69, 9.17) is 4.74 Å². The fourth-order valence-electron chi connectivity index (χ4n) is 5.34. The summed E-state index contributed by atoms with van der Waals surface area (Å²) >= 11 is 0. The third kappa shape index (κ3) is 4.78. The summed E-state index contributed by atoms with van der Waals surface area (Å²) in [6.45, 7) is 3.81. The largest absolute Gasteiger partial charge is 0.452 e. The Balaban J connectivity index is 1.41. The van der Waals surface area contributed by atoms with Crippen LogP contribution in [-0.2, 0) is 25.5 Å². The lowest BCUT2D eigenvalue weighted by Crippen LogP contribution is -2.45. The summed E-state index contributed by atoms with van der Waals surface area (Å²) in [5.74, 6) is -1.30. The molecular weight excluding hydrogens is 392 g/mol. The molecule has 1 aromatic carbocycles. The third-order valence-electron chi connectivity index (χ3n) is 7.10. The highest BCUT2D eigenvalue weighted by Crippen LogP contribution is 2.36. The van der Waals surface area contributed by atoms with Gasteiger partial charge in [-0.15, -0.1) is 0 Å². The van der Waals surface area contributed by atoms with E-state index in [1.807, 2.05) is 28.0 Å². The van der Waals surface area contributed by atoms with E-state index in [2.05, 4.69) is 6.07 Å². The molecule has 0 radical (unpaired) electrons. The van der Waals surface area contributed by atoms with Crippen LogP contribution in [0.3, 0.4) is 0 Å². The van der Waals surface area contributed by atoms with Crippen LogP contribution in [0.25, 0.3) is 0 Å². The van der Waals surface area contributed by atoms with Gasteiger partial charge >= 0.3 is 5.97 Å². The van der Waals surface area contributed by atoms with Crippen molar-refractivity contribution in [2.75, 3.05) is 24.5 Å². The average Bonchev–Trinajstić information content (AvgIpc) is 3.03. The first kappa shape index (κ1) is 21.8. The maximum absolute atomic E-state index is 13.4. The Hall–Kier alpha value is -2.37.